The molecule has 0 aliphatic heterocycles. The van der Waals surface area contributed by atoms with E-state index >= 15 is 0 Å². The van der Waals surface area contributed by atoms with E-state index in [0.29, 0.717) is 23.6 Å². The number of nitrogens with zero attached hydrogens (tertiary/aromatic N) is 1. The molecule has 2 unspecified atom stereocenters. The Morgan fingerprint density at radius 1 is 1.31 bits per heavy atom. The molecule has 2 N–H and O–H groups in total. The van der Waals surface area contributed by atoms with E-state index in [1.165, 1.54) is 0 Å². The van der Waals surface area contributed by atoms with Crippen molar-refractivity contribution >= 4 is 22.8 Å². The third-order valence-electron chi connectivity index (χ3n) is 7.16. The van der Waals surface area contributed by atoms with Gasteiger partial charge in [-0.2, -0.15) is 5.26 Å². The van der Waals surface area contributed by atoms with Crippen molar-refractivity contribution in [3.8, 4) is 17.2 Å². The molecule has 0 bridgehead atoms. The Kier molecular flexibility index (Phi) is 4.96. The maximum atomic E-state index is 12.9. The summed E-state index contributed by atoms with van der Waals surface area (Å²) in [5.74, 6) is 0.340. The molecule has 2 aliphatic carbocycles. The lowest BCUT2D eigenvalue weighted by Gasteiger charge is -2.46. The number of thiophene rings is 1. The Hall–Kier alpha value is -2.29. The van der Waals surface area contributed by atoms with Gasteiger partial charge in [-0.25, -0.2) is 0 Å². The molecule has 2 fully saturated rings. The molecule has 4 rings (SSSR count). The fourth-order valence-electron chi connectivity index (χ4n) is 5.08. The van der Waals surface area contributed by atoms with Crippen LogP contribution in [0.3, 0.4) is 0 Å². The van der Waals surface area contributed by atoms with Crippen LogP contribution in [0.2, 0.25) is 0 Å². The number of hydrogen-bond acceptors (Lipinski definition) is 5. The van der Waals surface area contributed by atoms with E-state index in [0.717, 1.165) is 39.3 Å². The Morgan fingerprint density at radius 2 is 2.07 bits per heavy atom. The van der Waals surface area contributed by atoms with E-state index in [1.807, 2.05) is 32.0 Å². The molecule has 1 aromatic heterocycles. The molecule has 5 heteroatoms. The summed E-state index contributed by atoms with van der Waals surface area (Å²) in [4.78, 5) is 14.9. The minimum Gasteiger partial charge on any atom is -0.391 e. The van der Waals surface area contributed by atoms with Crippen molar-refractivity contribution in [3.05, 3.63) is 45.1 Å². The normalized spacial score (nSPS) is 29.0. The van der Waals surface area contributed by atoms with Crippen LogP contribution in [0.25, 0.3) is 11.1 Å². The number of nitriles is 1. The van der Waals surface area contributed by atoms with E-state index in [1.54, 1.807) is 11.3 Å². The van der Waals surface area contributed by atoms with Crippen molar-refractivity contribution in [2.24, 2.45) is 17.8 Å². The predicted molar refractivity (Wildman–Crippen MR) is 115 cm³/mol. The van der Waals surface area contributed by atoms with Gasteiger partial charge in [0.1, 0.15) is 5.78 Å². The molecule has 0 saturated heterocycles. The second kappa shape index (κ2) is 7.19. The van der Waals surface area contributed by atoms with Crippen LogP contribution in [0.1, 0.15) is 54.0 Å². The first-order chi connectivity index (χ1) is 13.8. The summed E-state index contributed by atoms with van der Waals surface area (Å²) in [5.41, 5.74) is 3.86. The largest absolute Gasteiger partial charge is 0.391 e. The van der Waals surface area contributed by atoms with Crippen molar-refractivity contribution in [2.45, 2.75) is 52.1 Å². The topological polar surface area (TPSA) is 84.9 Å². The number of rotatable bonds is 3. The lowest BCUT2D eigenvalue weighted by Crippen LogP contribution is -2.44. The van der Waals surface area contributed by atoms with E-state index in [-0.39, 0.29) is 29.6 Å². The second-order valence-electron chi connectivity index (χ2n) is 8.78. The van der Waals surface area contributed by atoms with E-state index in [9.17, 15) is 15.2 Å². The maximum absolute atomic E-state index is 12.9. The molecule has 2 aromatic rings. The monoisotopic (exact) mass is 406 g/mol. The number of carbonyl (C=O) groups is 1. The molecule has 0 spiro atoms. The van der Waals surface area contributed by atoms with Gasteiger partial charge in [-0.1, -0.05) is 19.9 Å². The van der Waals surface area contributed by atoms with Gasteiger partial charge in [0.25, 0.3) is 0 Å². The van der Waals surface area contributed by atoms with Crippen LogP contribution < -0.4 is 0 Å². The van der Waals surface area contributed by atoms with Crippen LogP contribution in [0.5, 0.6) is 0 Å². The summed E-state index contributed by atoms with van der Waals surface area (Å²) >= 11 is 1.58. The van der Waals surface area contributed by atoms with Crippen LogP contribution >= 0.6 is 11.3 Å². The number of nitrogens with one attached hydrogen (secondary N) is 1. The first-order valence-electron chi connectivity index (χ1n) is 10.2. The highest BCUT2D eigenvalue weighted by Gasteiger charge is 2.53. The zero-order valence-corrected chi connectivity index (χ0v) is 17.9. The minimum absolute atomic E-state index is 0.0689. The van der Waals surface area contributed by atoms with Gasteiger partial charge >= 0.3 is 0 Å². The van der Waals surface area contributed by atoms with Crippen molar-refractivity contribution in [3.63, 3.8) is 0 Å². The summed E-state index contributed by atoms with van der Waals surface area (Å²) in [7, 11) is 0. The maximum Gasteiger partial charge on any atom is 0.142 e. The summed E-state index contributed by atoms with van der Waals surface area (Å²) < 4.78 is 0. The third-order valence-corrected chi connectivity index (χ3v) is 8.55. The van der Waals surface area contributed by atoms with E-state index in [4.69, 9.17) is 5.41 Å². The number of Topliss-reactive ketones (excluding diaryl/α,β-unsaturated/α-hetero) is 1. The van der Waals surface area contributed by atoms with Crippen LogP contribution in [0.15, 0.2) is 24.3 Å². The zero-order chi connectivity index (χ0) is 20.9. The first kappa shape index (κ1) is 20.0. The molecule has 4 atom stereocenters. The number of aliphatic hydroxyl groups excluding tert-OH is 1. The summed E-state index contributed by atoms with van der Waals surface area (Å²) in [5, 5.41) is 27.9. The van der Waals surface area contributed by atoms with Gasteiger partial charge in [0, 0.05) is 33.2 Å². The molecule has 0 radical (unpaired) electrons. The number of aryl methyl sites for hydroxylation is 1. The molecule has 1 heterocycles. The molecule has 2 saturated carbocycles. The fourth-order valence-corrected chi connectivity index (χ4v) is 6.33. The number of ketones is 1. The van der Waals surface area contributed by atoms with Crippen LogP contribution in [-0.4, -0.2) is 16.6 Å². The third kappa shape index (κ3) is 3.06. The number of hydrogen-bond donors (Lipinski definition) is 2. The smallest absolute Gasteiger partial charge is 0.142 e. The van der Waals surface area contributed by atoms with Gasteiger partial charge < -0.3 is 10.5 Å². The number of carbonyl (C=O) groups excluding carboxylic acids is 1. The molecular formula is C24H26N2O2S. The first-order valence-corrected chi connectivity index (χ1v) is 11.0. The standard InChI is InChI=1S/C24H26N2O2S/c1-13-4-5-15(11-25)8-17(13)18-9-22(29-21(18)12-27)24(3)10-20(28)14(2)23(26)16-6-7-19(16)24/h4-5,8-9,14,16,19,26-27H,6-7,10,12H2,1-3H3/t14-,16?,19?,24+/m0/s1. The van der Waals surface area contributed by atoms with Crippen molar-refractivity contribution in [2.75, 3.05) is 0 Å². The highest BCUT2D eigenvalue weighted by atomic mass is 32.1. The summed E-state index contributed by atoms with van der Waals surface area (Å²) in [6.07, 6.45) is 2.47. The summed E-state index contributed by atoms with van der Waals surface area (Å²) in [6, 6.07) is 9.95. The molecule has 29 heavy (non-hydrogen) atoms. The molecule has 1 aromatic carbocycles. The van der Waals surface area contributed by atoms with Crippen molar-refractivity contribution < 1.29 is 9.90 Å². The minimum atomic E-state index is -0.315. The predicted octanol–water partition coefficient (Wildman–Crippen LogP) is 5.00. The van der Waals surface area contributed by atoms with Gasteiger partial charge in [0.15, 0.2) is 0 Å². The second-order valence-corrected chi connectivity index (χ2v) is 9.91. The average Bonchev–Trinajstić information content (AvgIpc) is 3.09. The lowest BCUT2D eigenvalue weighted by molar-refractivity contribution is -0.121. The van der Waals surface area contributed by atoms with Gasteiger partial charge in [0.2, 0.25) is 0 Å². The van der Waals surface area contributed by atoms with Gasteiger partial charge in [-0.15, -0.1) is 11.3 Å². The SMILES string of the molecule is Cc1ccc(C#N)cc1-c1cc([C@]2(C)CC(=O)[C@H](C)C(=N)C3CCC32)sc1CO. The summed E-state index contributed by atoms with van der Waals surface area (Å²) in [6.45, 7) is 5.99. The Bertz CT molecular complexity index is 1050. The quantitative estimate of drug-likeness (QED) is 0.752. The van der Waals surface area contributed by atoms with Crippen LogP contribution in [0.4, 0.5) is 0 Å². The molecule has 150 valence electrons. The average molecular weight is 407 g/mol. The van der Waals surface area contributed by atoms with Gasteiger partial charge in [-0.3, -0.25) is 4.79 Å². The molecule has 0 amide bonds. The highest BCUT2D eigenvalue weighted by Crippen LogP contribution is 2.55. The van der Waals surface area contributed by atoms with Gasteiger partial charge in [-0.05, 0) is 60.6 Å². The number of aliphatic hydroxyl groups is 1. The molecule has 2 aliphatic rings. The number of fused-ring (bicyclic) bond motifs is 1. The molecule has 4 nitrogen and oxygen atoms in total. The highest BCUT2D eigenvalue weighted by molar-refractivity contribution is 7.12. The zero-order valence-electron chi connectivity index (χ0n) is 17.1. The number of benzene rings is 1. The van der Waals surface area contributed by atoms with Crippen molar-refractivity contribution in [1.82, 2.24) is 0 Å². The molecular weight excluding hydrogens is 380 g/mol. The Labute approximate surface area is 175 Å². The Morgan fingerprint density at radius 3 is 2.69 bits per heavy atom. The van der Waals surface area contributed by atoms with Crippen LogP contribution in [-0.2, 0) is 16.8 Å². The Balaban J connectivity index is 1.84. The van der Waals surface area contributed by atoms with Crippen LogP contribution in [0, 0.1) is 41.4 Å². The van der Waals surface area contributed by atoms with E-state index < -0.39 is 0 Å². The van der Waals surface area contributed by atoms with Crippen molar-refractivity contribution in [1.29, 1.82) is 10.7 Å². The fraction of sp³-hybridized carbons (Fsp3) is 0.458. The van der Waals surface area contributed by atoms with E-state index in [2.05, 4.69) is 19.1 Å². The lowest BCUT2D eigenvalue weighted by atomic mass is 9.58. The van der Waals surface area contributed by atoms with Gasteiger partial charge in [0.05, 0.1) is 24.2 Å².